The molecule has 1 fully saturated rings. The summed E-state index contributed by atoms with van der Waals surface area (Å²) in [5.74, 6) is 0.133. The van der Waals surface area contributed by atoms with Gasteiger partial charge in [0.1, 0.15) is 0 Å². The van der Waals surface area contributed by atoms with E-state index in [1.807, 2.05) is 32.0 Å². The standard InChI is InChI=1S/C17H25N3O2.ClH/c1-11(2)16(18)17(22)19-10-15(21)20-14-9-13(14)8-12-6-4-3-5-7-12;/h3-7,11,13-14,16H,8-10,18H2,1-2H3,(H,19,22)(H,20,21);1H/t13?,14?,16-;/m0./s1. The third-order valence-electron chi connectivity index (χ3n) is 4.05. The SMILES string of the molecule is CC(C)[C@H](N)C(=O)NCC(=O)NC1CC1Cc1ccccc1.Cl. The van der Waals surface area contributed by atoms with Crippen molar-refractivity contribution in [1.29, 1.82) is 0 Å². The van der Waals surface area contributed by atoms with Crippen LogP contribution in [-0.4, -0.2) is 30.4 Å². The van der Waals surface area contributed by atoms with Crippen LogP contribution in [-0.2, 0) is 16.0 Å². The smallest absolute Gasteiger partial charge is 0.239 e. The van der Waals surface area contributed by atoms with Crippen molar-refractivity contribution >= 4 is 24.2 Å². The first-order chi connectivity index (χ1) is 10.5. The second-order valence-corrected chi connectivity index (χ2v) is 6.35. The first-order valence-corrected chi connectivity index (χ1v) is 7.84. The van der Waals surface area contributed by atoms with Gasteiger partial charge in [0.2, 0.25) is 11.8 Å². The van der Waals surface area contributed by atoms with Crippen LogP contribution >= 0.6 is 12.4 Å². The monoisotopic (exact) mass is 339 g/mol. The highest BCUT2D eigenvalue weighted by Gasteiger charge is 2.37. The van der Waals surface area contributed by atoms with E-state index < -0.39 is 6.04 Å². The number of carbonyl (C=O) groups is 2. The highest BCUT2D eigenvalue weighted by molar-refractivity contribution is 5.87. The van der Waals surface area contributed by atoms with Crippen molar-refractivity contribution in [2.24, 2.45) is 17.6 Å². The number of nitrogens with one attached hydrogen (secondary N) is 2. The molecule has 128 valence electrons. The lowest BCUT2D eigenvalue weighted by Crippen LogP contribution is -2.47. The molecular weight excluding hydrogens is 314 g/mol. The number of rotatable bonds is 7. The number of hydrogen-bond donors (Lipinski definition) is 3. The Labute approximate surface area is 143 Å². The average Bonchev–Trinajstić information content (AvgIpc) is 3.22. The van der Waals surface area contributed by atoms with Crippen LogP contribution in [0.3, 0.4) is 0 Å². The fourth-order valence-electron chi connectivity index (χ4n) is 2.41. The molecule has 2 unspecified atom stereocenters. The fourth-order valence-corrected chi connectivity index (χ4v) is 2.41. The molecule has 0 bridgehead atoms. The van der Waals surface area contributed by atoms with Crippen molar-refractivity contribution in [2.45, 2.75) is 38.8 Å². The van der Waals surface area contributed by atoms with Crippen molar-refractivity contribution in [3.63, 3.8) is 0 Å². The zero-order chi connectivity index (χ0) is 16.1. The molecule has 1 aliphatic rings. The van der Waals surface area contributed by atoms with Crippen LogP contribution in [0.4, 0.5) is 0 Å². The predicted molar refractivity (Wildman–Crippen MR) is 93.3 cm³/mol. The maximum atomic E-state index is 11.8. The van der Waals surface area contributed by atoms with Gasteiger partial charge < -0.3 is 16.4 Å². The van der Waals surface area contributed by atoms with Gasteiger partial charge in [-0.15, -0.1) is 12.4 Å². The molecule has 0 saturated heterocycles. The van der Waals surface area contributed by atoms with E-state index in [4.69, 9.17) is 5.73 Å². The second-order valence-electron chi connectivity index (χ2n) is 6.35. The van der Waals surface area contributed by atoms with Gasteiger partial charge in [-0.25, -0.2) is 0 Å². The minimum atomic E-state index is -0.570. The van der Waals surface area contributed by atoms with E-state index in [-0.39, 0.29) is 42.7 Å². The molecule has 1 saturated carbocycles. The Balaban J connectivity index is 0.00000264. The van der Waals surface area contributed by atoms with Crippen molar-refractivity contribution in [1.82, 2.24) is 10.6 Å². The Bertz CT molecular complexity index is 522. The zero-order valence-corrected chi connectivity index (χ0v) is 14.4. The lowest BCUT2D eigenvalue weighted by atomic mass is 10.1. The van der Waals surface area contributed by atoms with Crippen LogP contribution in [0, 0.1) is 11.8 Å². The predicted octanol–water partition coefficient (Wildman–Crippen LogP) is 1.26. The van der Waals surface area contributed by atoms with Gasteiger partial charge in [0.25, 0.3) is 0 Å². The topological polar surface area (TPSA) is 84.2 Å². The number of nitrogens with two attached hydrogens (primary N) is 1. The third kappa shape index (κ3) is 6.20. The molecule has 0 heterocycles. The summed E-state index contributed by atoms with van der Waals surface area (Å²) in [5, 5.41) is 5.54. The molecule has 1 aromatic carbocycles. The average molecular weight is 340 g/mol. The van der Waals surface area contributed by atoms with Crippen LogP contribution < -0.4 is 16.4 Å². The van der Waals surface area contributed by atoms with E-state index in [1.165, 1.54) is 5.56 Å². The molecular formula is C17H26ClN3O2. The van der Waals surface area contributed by atoms with Crippen LogP contribution in [0.5, 0.6) is 0 Å². The number of amides is 2. The molecule has 23 heavy (non-hydrogen) atoms. The summed E-state index contributed by atoms with van der Waals surface area (Å²) >= 11 is 0. The summed E-state index contributed by atoms with van der Waals surface area (Å²) in [7, 11) is 0. The third-order valence-corrected chi connectivity index (χ3v) is 4.05. The summed E-state index contributed by atoms with van der Waals surface area (Å²) < 4.78 is 0. The van der Waals surface area contributed by atoms with Crippen LogP contribution in [0.1, 0.15) is 25.8 Å². The number of hydrogen-bond acceptors (Lipinski definition) is 3. The van der Waals surface area contributed by atoms with Crippen molar-refractivity contribution < 1.29 is 9.59 Å². The Morgan fingerprint density at radius 1 is 1.26 bits per heavy atom. The number of benzene rings is 1. The van der Waals surface area contributed by atoms with E-state index in [9.17, 15) is 9.59 Å². The molecule has 0 radical (unpaired) electrons. The molecule has 0 aliphatic heterocycles. The molecule has 4 N–H and O–H groups in total. The molecule has 2 amide bonds. The van der Waals surface area contributed by atoms with Gasteiger partial charge in [-0.05, 0) is 30.2 Å². The van der Waals surface area contributed by atoms with Gasteiger partial charge in [-0.1, -0.05) is 44.2 Å². The van der Waals surface area contributed by atoms with Gasteiger partial charge in [-0.2, -0.15) is 0 Å². The molecule has 3 atom stereocenters. The molecule has 2 rings (SSSR count). The van der Waals surface area contributed by atoms with E-state index in [1.54, 1.807) is 0 Å². The maximum Gasteiger partial charge on any atom is 0.239 e. The molecule has 1 aliphatic carbocycles. The highest BCUT2D eigenvalue weighted by atomic mass is 35.5. The minimum absolute atomic E-state index is 0. The van der Waals surface area contributed by atoms with Gasteiger partial charge in [-0.3, -0.25) is 9.59 Å². The summed E-state index contributed by atoms with van der Waals surface area (Å²) in [5.41, 5.74) is 7.02. The molecule has 5 nitrogen and oxygen atoms in total. The van der Waals surface area contributed by atoms with E-state index in [2.05, 4.69) is 22.8 Å². The molecule has 1 aromatic rings. The summed E-state index contributed by atoms with van der Waals surface area (Å²) in [6, 6.07) is 9.91. The van der Waals surface area contributed by atoms with Gasteiger partial charge in [0, 0.05) is 6.04 Å². The first kappa shape index (κ1) is 19.5. The lowest BCUT2D eigenvalue weighted by molar-refractivity contribution is -0.127. The quantitative estimate of drug-likeness (QED) is 0.699. The van der Waals surface area contributed by atoms with E-state index in [0.717, 1.165) is 12.8 Å². The van der Waals surface area contributed by atoms with Crippen LogP contribution in [0.2, 0.25) is 0 Å². The number of halogens is 1. The normalized spacial score (nSPS) is 20.3. The molecule has 0 aromatic heterocycles. The Kier molecular flexibility index (Phi) is 7.52. The fraction of sp³-hybridized carbons (Fsp3) is 0.529. The summed E-state index contributed by atoms with van der Waals surface area (Å²) in [6.07, 6.45) is 1.98. The zero-order valence-electron chi connectivity index (χ0n) is 13.6. The first-order valence-electron chi connectivity index (χ1n) is 7.84. The lowest BCUT2D eigenvalue weighted by Gasteiger charge is -2.15. The van der Waals surface area contributed by atoms with Gasteiger partial charge in [0.05, 0.1) is 12.6 Å². The van der Waals surface area contributed by atoms with Crippen LogP contribution in [0.25, 0.3) is 0 Å². The summed E-state index contributed by atoms with van der Waals surface area (Å²) in [4.78, 5) is 23.5. The molecule has 6 heteroatoms. The Hall–Kier alpha value is -1.59. The maximum absolute atomic E-state index is 11.8. The second kappa shape index (κ2) is 8.89. The Morgan fingerprint density at radius 2 is 1.91 bits per heavy atom. The van der Waals surface area contributed by atoms with Crippen molar-refractivity contribution in [3.8, 4) is 0 Å². The molecule has 0 spiro atoms. The number of carbonyl (C=O) groups excluding carboxylic acids is 2. The summed E-state index contributed by atoms with van der Waals surface area (Å²) in [6.45, 7) is 3.75. The minimum Gasteiger partial charge on any atom is -0.352 e. The Morgan fingerprint density at radius 3 is 2.52 bits per heavy atom. The van der Waals surface area contributed by atoms with Gasteiger partial charge >= 0.3 is 0 Å². The largest absolute Gasteiger partial charge is 0.352 e. The van der Waals surface area contributed by atoms with Gasteiger partial charge in [0.15, 0.2) is 0 Å². The van der Waals surface area contributed by atoms with Crippen molar-refractivity contribution in [2.75, 3.05) is 6.54 Å². The van der Waals surface area contributed by atoms with E-state index in [0.29, 0.717) is 5.92 Å². The van der Waals surface area contributed by atoms with Crippen LogP contribution in [0.15, 0.2) is 30.3 Å². The van der Waals surface area contributed by atoms with E-state index >= 15 is 0 Å². The highest BCUT2D eigenvalue weighted by Crippen LogP contribution is 2.33. The van der Waals surface area contributed by atoms with Crippen molar-refractivity contribution in [3.05, 3.63) is 35.9 Å².